The summed E-state index contributed by atoms with van der Waals surface area (Å²) in [6.45, 7) is 3.87. The molecule has 230 valence electrons. The molecule has 0 N–H and O–H groups in total. The number of halogens is 1. The minimum Gasteiger partial charge on any atom is -0.325 e. The molecule has 1 saturated heterocycles. The van der Waals surface area contributed by atoms with E-state index in [2.05, 4.69) is 40.7 Å². The van der Waals surface area contributed by atoms with E-state index in [1.807, 2.05) is 0 Å². The van der Waals surface area contributed by atoms with Crippen LogP contribution in [0.3, 0.4) is 0 Å². The van der Waals surface area contributed by atoms with Gasteiger partial charge in [-0.2, -0.15) is 0 Å². The van der Waals surface area contributed by atoms with Gasteiger partial charge in [0.15, 0.2) is 0 Å². The largest absolute Gasteiger partial charge is 0.325 e. The zero-order valence-corrected chi connectivity index (χ0v) is 27.2. The van der Waals surface area contributed by atoms with E-state index in [-0.39, 0.29) is 10.3 Å². The monoisotopic (exact) mass is 620 g/mol. The highest BCUT2D eigenvalue weighted by molar-refractivity contribution is 7.89. The van der Waals surface area contributed by atoms with Gasteiger partial charge >= 0.3 is 0 Å². The Morgan fingerprint density at radius 1 is 1.00 bits per heavy atom. The van der Waals surface area contributed by atoms with E-state index < -0.39 is 10.0 Å². The summed E-state index contributed by atoms with van der Waals surface area (Å²) in [5.41, 5.74) is 2.83. The molecule has 8 heteroatoms. The molecule has 8 atom stereocenters. The van der Waals surface area contributed by atoms with E-state index in [0.29, 0.717) is 35.1 Å². The topological polar surface area (TPSA) is 58.2 Å². The Labute approximate surface area is 261 Å². The molecule has 0 radical (unpaired) electrons. The molecule has 4 aliphatic carbocycles. The third-order valence-corrected chi connectivity index (χ3v) is 15.1. The van der Waals surface area contributed by atoms with Gasteiger partial charge in [-0.15, -0.1) is 0 Å². The number of fused-ring (bicyclic) bond motifs is 2. The summed E-state index contributed by atoms with van der Waals surface area (Å²) in [6.07, 6.45) is 13.8. The van der Waals surface area contributed by atoms with Crippen LogP contribution in [0.15, 0.2) is 53.4 Å². The van der Waals surface area contributed by atoms with Crippen molar-refractivity contribution in [3.05, 3.63) is 59.4 Å². The van der Waals surface area contributed by atoms with Crippen LogP contribution in [-0.2, 0) is 10.0 Å². The van der Waals surface area contributed by atoms with Crippen LogP contribution in [0, 0.1) is 30.1 Å². The van der Waals surface area contributed by atoms with E-state index in [0.717, 1.165) is 42.6 Å². The second-order valence-corrected chi connectivity index (χ2v) is 17.0. The second kappa shape index (κ2) is 10.3. The number of nitrogens with zero attached hydrogens (tertiary/aromatic N) is 4. The Bertz CT molecular complexity index is 1660. The Hall–Kier alpha value is -1.93. The Kier molecular flexibility index (Phi) is 6.83. The summed E-state index contributed by atoms with van der Waals surface area (Å²) in [7, 11) is -1.87. The molecule has 2 heterocycles. The Morgan fingerprint density at radius 3 is 2.60 bits per heavy atom. The number of aryl methyl sites for hydroxylation is 1. The molecule has 6 nitrogen and oxygen atoms in total. The van der Waals surface area contributed by atoms with Crippen LogP contribution >= 0.6 is 11.6 Å². The van der Waals surface area contributed by atoms with Gasteiger partial charge < -0.3 is 4.57 Å². The molecule has 1 aromatic heterocycles. The van der Waals surface area contributed by atoms with Gasteiger partial charge in [-0.05, 0) is 112 Å². The van der Waals surface area contributed by atoms with Crippen molar-refractivity contribution >= 4 is 32.7 Å². The van der Waals surface area contributed by atoms with E-state index in [1.165, 1.54) is 63.3 Å². The molecule has 2 aromatic carbocycles. The fourth-order valence-electron chi connectivity index (χ4n) is 10.8. The lowest BCUT2D eigenvalue weighted by molar-refractivity contribution is 0.0777. The third-order valence-electron chi connectivity index (χ3n) is 12.8. The quantitative estimate of drug-likeness (QED) is 0.245. The third kappa shape index (κ3) is 4.31. The van der Waals surface area contributed by atoms with E-state index in [4.69, 9.17) is 16.6 Å². The SMILES string of the molecule is Cc1nc2ccccc2n1[C@@H]1C[C@@H]2CCC23[C@H](C1)N3CCC1(CN(C)S(=O)(=O)c2ccccc2Cl)CCC2CCCCC21. The number of hydrogen-bond acceptors (Lipinski definition) is 4. The summed E-state index contributed by atoms with van der Waals surface area (Å²) in [4.78, 5) is 8.01. The fraction of sp³-hybridized carbons (Fsp3) is 0.629. The first kappa shape index (κ1) is 28.5. The average Bonchev–Trinajstić information content (AvgIpc) is 3.35. The molecular weight excluding hydrogens is 576 g/mol. The van der Waals surface area contributed by atoms with Gasteiger partial charge in [0.1, 0.15) is 10.7 Å². The number of sulfonamides is 1. The molecule has 0 amide bonds. The Balaban J connectivity index is 1.04. The van der Waals surface area contributed by atoms with E-state index >= 15 is 0 Å². The lowest BCUT2D eigenvalue weighted by Crippen LogP contribution is -2.46. The van der Waals surface area contributed by atoms with Gasteiger partial charge in [0.05, 0.1) is 16.1 Å². The maximum atomic E-state index is 13.8. The number of rotatable bonds is 8. The predicted octanol–water partition coefficient (Wildman–Crippen LogP) is 7.46. The standard InChI is InChI=1S/C35H45ClN4O2S/c1-24-37-30-12-6-7-13-31(30)40(24)27-21-26-16-18-35(26)33(22-27)39(35)20-19-34(17-15-25-9-3-4-10-28(25)34)23-38(2)43(41,42)32-14-8-5-11-29(32)36/h5-8,11-14,25-28,33H,3-4,9-10,15-23H2,1-2H3/t25?,26-,27+,28?,33-,34?,35?,39?/m0/s1. The minimum absolute atomic E-state index is 0.0341. The van der Waals surface area contributed by atoms with Crippen molar-refractivity contribution in [1.82, 2.24) is 18.8 Å². The highest BCUT2D eigenvalue weighted by atomic mass is 35.5. The zero-order chi connectivity index (χ0) is 29.6. The second-order valence-electron chi connectivity index (χ2n) is 14.6. The lowest BCUT2D eigenvalue weighted by atomic mass is 9.63. The maximum absolute atomic E-state index is 13.8. The molecule has 4 saturated carbocycles. The van der Waals surface area contributed by atoms with Crippen LogP contribution in [0.1, 0.15) is 82.5 Å². The summed E-state index contributed by atoms with van der Waals surface area (Å²) in [6, 6.07) is 16.7. The maximum Gasteiger partial charge on any atom is 0.244 e. The molecule has 5 fully saturated rings. The van der Waals surface area contributed by atoms with Gasteiger partial charge in [0.2, 0.25) is 10.0 Å². The van der Waals surface area contributed by atoms with Crippen LogP contribution in [0.4, 0.5) is 0 Å². The molecule has 5 aliphatic rings. The first-order valence-electron chi connectivity index (χ1n) is 16.7. The van der Waals surface area contributed by atoms with Crippen molar-refractivity contribution in [1.29, 1.82) is 0 Å². The molecular formula is C35H45ClN4O2S. The van der Waals surface area contributed by atoms with Crippen LogP contribution in [0.5, 0.6) is 0 Å². The normalized spacial score (nSPS) is 36.7. The smallest absolute Gasteiger partial charge is 0.244 e. The van der Waals surface area contributed by atoms with Gasteiger partial charge in [0.25, 0.3) is 0 Å². The van der Waals surface area contributed by atoms with Crippen molar-refractivity contribution in [3.63, 3.8) is 0 Å². The van der Waals surface area contributed by atoms with Crippen molar-refractivity contribution in [2.24, 2.45) is 23.2 Å². The number of imidazole rings is 1. The van der Waals surface area contributed by atoms with Crippen LogP contribution < -0.4 is 0 Å². The zero-order valence-electron chi connectivity index (χ0n) is 25.6. The number of hydrogen-bond donors (Lipinski definition) is 0. The fourth-order valence-corrected chi connectivity index (χ4v) is 12.5. The van der Waals surface area contributed by atoms with Gasteiger partial charge in [-0.25, -0.2) is 17.7 Å². The number of likely N-dealkylation sites (tertiary alicyclic amines) is 1. The Morgan fingerprint density at radius 2 is 1.79 bits per heavy atom. The predicted molar refractivity (Wildman–Crippen MR) is 172 cm³/mol. The van der Waals surface area contributed by atoms with Crippen LogP contribution in [0.2, 0.25) is 5.02 Å². The first-order valence-corrected chi connectivity index (χ1v) is 18.5. The van der Waals surface area contributed by atoms with Gasteiger partial charge in [0, 0.05) is 31.2 Å². The summed E-state index contributed by atoms with van der Waals surface area (Å²) >= 11 is 6.40. The molecule has 5 unspecified atom stereocenters. The lowest BCUT2D eigenvalue weighted by Gasteiger charge is -2.45. The van der Waals surface area contributed by atoms with E-state index in [9.17, 15) is 8.42 Å². The molecule has 3 aromatic rings. The first-order chi connectivity index (χ1) is 20.7. The number of para-hydroxylation sites is 2. The molecule has 1 spiro atoms. The van der Waals surface area contributed by atoms with Gasteiger partial charge in [-0.1, -0.05) is 55.1 Å². The highest BCUT2D eigenvalue weighted by Crippen LogP contribution is 2.67. The van der Waals surface area contributed by atoms with Crippen molar-refractivity contribution < 1.29 is 8.42 Å². The summed E-state index contributed by atoms with van der Waals surface area (Å²) in [5, 5.41) is 0.309. The number of aromatic nitrogens is 2. The van der Waals surface area contributed by atoms with Crippen LogP contribution in [-0.4, -0.2) is 58.9 Å². The number of benzene rings is 2. The molecule has 1 aliphatic heterocycles. The van der Waals surface area contributed by atoms with Crippen molar-refractivity contribution in [2.45, 2.75) is 100 Å². The van der Waals surface area contributed by atoms with Crippen LogP contribution in [0.25, 0.3) is 11.0 Å². The molecule has 43 heavy (non-hydrogen) atoms. The minimum atomic E-state index is -3.66. The molecule has 0 bridgehead atoms. The van der Waals surface area contributed by atoms with Crippen molar-refractivity contribution in [2.75, 3.05) is 20.1 Å². The summed E-state index contributed by atoms with van der Waals surface area (Å²) < 4.78 is 31.8. The van der Waals surface area contributed by atoms with E-state index in [1.54, 1.807) is 35.6 Å². The average molecular weight is 621 g/mol. The van der Waals surface area contributed by atoms with Gasteiger partial charge in [-0.3, -0.25) is 4.90 Å². The summed E-state index contributed by atoms with van der Waals surface area (Å²) in [5.74, 6) is 3.27. The molecule has 8 rings (SSSR count). The highest BCUT2D eigenvalue weighted by Gasteiger charge is 2.72. The van der Waals surface area contributed by atoms with Crippen molar-refractivity contribution in [3.8, 4) is 0 Å².